The second kappa shape index (κ2) is 5.10. The summed E-state index contributed by atoms with van der Waals surface area (Å²) >= 11 is 0. The molecule has 0 amide bonds. The molecule has 0 bridgehead atoms. The number of hydrogen-bond donors (Lipinski definition) is 1. The summed E-state index contributed by atoms with van der Waals surface area (Å²) in [6.07, 6.45) is -12.5. The van der Waals surface area contributed by atoms with E-state index in [2.05, 4.69) is 0 Å². The van der Waals surface area contributed by atoms with E-state index in [0.29, 0.717) is 0 Å². The van der Waals surface area contributed by atoms with E-state index in [9.17, 15) is 43.9 Å². The van der Waals surface area contributed by atoms with Gasteiger partial charge >= 0.3 is 24.2 Å². The summed E-state index contributed by atoms with van der Waals surface area (Å²) < 4.78 is 121. The van der Waals surface area contributed by atoms with Gasteiger partial charge in [-0.15, -0.1) is 0 Å². The summed E-state index contributed by atoms with van der Waals surface area (Å²) in [5.74, 6) is -16.5. The molecule has 1 N–H and O–H groups in total. The molecule has 0 fully saturated rings. The van der Waals surface area contributed by atoms with Gasteiger partial charge in [0.25, 0.3) is 0 Å². The Morgan fingerprint density at radius 1 is 0.700 bits per heavy atom. The minimum absolute atomic E-state index is 0. The molecule has 0 saturated heterocycles. The Morgan fingerprint density at radius 2 is 1.10 bits per heavy atom. The molecule has 1 aromatic heterocycles. The summed E-state index contributed by atoms with van der Waals surface area (Å²) in [5.41, 5.74) is 0. The SMILES string of the molecule is FC(F)(F)C(F)(F)c1n[nH]c(C(F)(F)C(F)(F)F)n1.[Li]. The number of hydrogen-bond acceptors (Lipinski definition) is 2. The molecular weight excluding hydrogens is 311 g/mol. The van der Waals surface area contributed by atoms with E-state index in [-0.39, 0.29) is 18.9 Å². The molecule has 0 spiro atoms. The third kappa shape index (κ3) is 3.03. The Kier molecular flexibility index (Phi) is 4.86. The molecule has 20 heavy (non-hydrogen) atoms. The van der Waals surface area contributed by atoms with Gasteiger partial charge in [-0.05, 0) is 0 Å². The van der Waals surface area contributed by atoms with Crippen molar-refractivity contribution in [1.82, 2.24) is 15.2 Å². The van der Waals surface area contributed by atoms with E-state index in [1.807, 2.05) is 10.1 Å². The first kappa shape index (κ1) is 19.0. The van der Waals surface area contributed by atoms with Gasteiger partial charge in [0.2, 0.25) is 11.6 Å². The van der Waals surface area contributed by atoms with Crippen LogP contribution in [0.4, 0.5) is 43.9 Å². The quantitative estimate of drug-likeness (QED) is 0.674. The van der Waals surface area contributed by atoms with E-state index in [4.69, 9.17) is 0 Å². The predicted octanol–water partition coefficient (Wildman–Crippen LogP) is 2.73. The Balaban J connectivity index is 0.00000361. The molecule has 1 radical (unpaired) electrons. The molecule has 1 aromatic rings. The number of nitrogens with one attached hydrogen (secondary N) is 1. The average molecular weight is 312 g/mol. The van der Waals surface area contributed by atoms with Crippen LogP contribution < -0.4 is 0 Å². The number of halogens is 10. The fourth-order valence-corrected chi connectivity index (χ4v) is 0.804. The fourth-order valence-electron chi connectivity index (χ4n) is 0.804. The summed E-state index contributed by atoms with van der Waals surface area (Å²) in [5, 5.41) is 2.77. The maximum absolute atomic E-state index is 12.6. The molecule has 3 nitrogen and oxygen atoms in total. The van der Waals surface area contributed by atoms with Gasteiger partial charge in [-0.3, -0.25) is 5.10 Å². The summed E-state index contributed by atoms with van der Waals surface area (Å²) in [7, 11) is 0. The summed E-state index contributed by atoms with van der Waals surface area (Å²) in [6, 6.07) is 0. The van der Waals surface area contributed by atoms with Crippen LogP contribution in [0.25, 0.3) is 0 Å². The normalized spacial score (nSPS) is 14.1. The second-order valence-electron chi connectivity index (χ2n) is 3.15. The minimum Gasteiger partial charge on any atom is -0.257 e. The third-order valence-corrected chi connectivity index (χ3v) is 1.78. The summed E-state index contributed by atoms with van der Waals surface area (Å²) in [6.45, 7) is 0. The molecule has 14 heteroatoms. The van der Waals surface area contributed by atoms with E-state index < -0.39 is 35.8 Å². The van der Waals surface area contributed by atoms with Crippen molar-refractivity contribution in [1.29, 1.82) is 0 Å². The van der Waals surface area contributed by atoms with Crippen molar-refractivity contribution in [2.75, 3.05) is 0 Å². The first-order valence-corrected chi connectivity index (χ1v) is 4.03. The zero-order valence-corrected chi connectivity index (χ0v) is 9.17. The monoisotopic (exact) mass is 312 g/mol. The molecule has 1 heterocycles. The van der Waals surface area contributed by atoms with Gasteiger partial charge in [-0.1, -0.05) is 0 Å². The van der Waals surface area contributed by atoms with Crippen LogP contribution in [0.2, 0.25) is 0 Å². The summed E-state index contributed by atoms with van der Waals surface area (Å²) in [4.78, 5) is 1.88. The van der Waals surface area contributed by atoms with Crippen molar-refractivity contribution < 1.29 is 43.9 Å². The Morgan fingerprint density at radius 3 is 1.45 bits per heavy atom. The van der Waals surface area contributed by atoms with Crippen molar-refractivity contribution in [3.8, 4) is 0 Å². The Labute approximate surface area is 114 Å². The van der Waals surface area contributed by atoms with Gasteiger partial charge in [-0.25, -0.2) is 4.98 Å². The maximum atomic E-state index is 12.6. The molecule has 0 aromatic carbocycles. The van der Waals surface area contributed by atoms with Gasteiger partial charge in [0, 0.05) is 18.9 Å². The first-order valence-electron chi connectivity index (χ1n) is 4.03. The van der Waals surface area contributed by atoms with Crippen LogP contribution in [0.3, 0.4) is 0 Å². The number of nitrogens with zero attached hydrogens (tertiary/aromatic N) is 2. The van der Waals surface area contributed by atoms with Gasteiger partial charge in [0.1, 0.15) is 0 Å². The molecule has 0 saturated carbocycles. The minimum atomic E-state index is -6.24. The fraction of sp³-hybridized carbons (Fsp3) is 0.667. The van der Waals surface area contributed by atoms with Crippen molar-refractivity contribution in [3.05, 3.63) is 11.6 Å². The molecule has 1 rings (SSSR count). The molecule has 0 atom stereocenters. The molecule has 0 aliphatic rings. The average Bonchev–Trinajstić information content (AvgIpc) is 2.62. The van der Waals surface area contributed by atoms with Crippen molar-refractivity contribution in [2.45, 2.75) is 24.2 Å². The molecule has 0 aliphatic carbocycles. The maximum Gasteiger partial charge on any atom is 0.461 e. The van der Waals surface area contributed by atoms with Crippen LogP contribution in [0.1, 0.15) is 11.6 Å². The number of aromatic nitrogens is 3. The van der Waals surface area contributed by atoms with Crippen LogP contribution in [0.15, 0.2) is 0 Å². The largest absolute Gasteiger partial charge is 0.461 e. The van der Waals surface area contributed by atoms with E-state index in [1.165, 1.54) is 0 Å². The van der Waals surface area contributed by atoms with Crippen LogP contribution >= 0.6 is 0 Å². The third-order valence-electron chi connectivity index (χ3n) is 1.78. The number of aromatic amines is 1. The van der Waals surface area contributed by atoms with Gasteiger partial charge in [0.15, 0.2) is 0 Å². The molecular formula is C6HF10LiN3. The van der Waals surface area contributed by atoms with Crippen LogP contribution in [0.5, 0.6) is 0 Å². The van der Waals surface area contributed by atoms with E-state index in [0.717, 1.165) is 5.10 Å². The van der Waals surface area contributed by atoms with E-state index >= 15 is 0 Å². The predicted molar refractivity (Wildman–Crippen MR) is 42.0 cm³/mol. The van der Waals surface area contributed by atoms with Crippen LogP contribution in [0, 0.1) is 0 Å². The number of H-pyrrole nitrogens is 1. The standard InChI is InChI=1S/C6HF10N3.Li/c7-3(8,5(11,12)13)1-17-2(19-18-1)4(9,10)6(14,15)16;/h(H,17,18,19);. The molecule has 111 valence electrons. The Hall–Kier alpha value is -0.963. The second-order valence-corrected chi connectivity index (χ2v) is 3.15. The van der Waals surface area contributed by atoms with Crippen molar-refractivity contribution in [3.63, 3.8) is 0 Å². The topological polar surface area (TPSA) is 41.6 Å². The zero-order valence-electron chi connectivity index (χ0n) is 9.17. The van der Waals surface area contributed by atoms with Crippen LogP contribution in [-0.2, 0) is 11.8 Å². The van der Waals surface area contributed by atoms with Crippen molar-refractivity contribution in [2.24, 2.45) is 0 Å². The van der Waals surface area contributed by atoms with Crippen LogP contribution in [-0.4, -0.2) is 46.4 Å². The smallest absolute Gasteiger partial charge is 0.257 e. The Bertz CT molecular complexity index is 420. The van der Waals surface area contributed by atoms with Gasteiger partial charge in [-0.2, -0.15) is 49.0 Å². The zero-order chi connectivity index (χ0) is 15.3. The molecule has 0 aliphatic heterocycles. The van der Waals surface area contributed by atoms with Crippen molar-refractivity contribution >= 4 is 18.9 Å². The van der Waals surface area contributed by atoms with Gasteiger partial charge < -0.3 is 0 Å². The number of alkyl halides is 10. The first-order chi connectivity index (χ1) is 8.21. The van der Waals surface area contributed by atoms with Gasteiger partial charge in [0.05, 0.1) is 0 Å². The van der Waals surface area contributed by atoms with E-state index in [1.54, 1.807) is 0 Å². The number of rotatable bonds is 2. The molecule has 0 unspecified atom stereocenters.